The number of nitrogens with one attached hydrogen (secondary N) is 1. The summed E-state index contributed by atoms with van der Waals surface area (Å²) in [6.45, 7) is 2.85. The number of hydrogen-bond acceptors (Lipinski definition) is 5. The third kappa shape index (κ3) is 3.19. The number of thiazole rings is 1. The van der Waals surface area contributed by atoms with Crippen molar-refractivity contribution >= 4 is 28.3 Å². The zero-order chi connectivity index (χ0) is 15.5. The molecule has 1 aliphatic rings. The van der Waals surface area contributed by atoms with E-state index in [1.807, 2.05) is 11.4 Å². The molecule has 3 heterocycles. The number of nitrogens with zero attached hydrogens (tertiary/aromatic N) is 2. The zero-order valence-corrected chi connectivity index (χ0v) is 13.1. The quantitative estimate of drug-likeness (QED) is 0.943. The predicted octanol–water partition coefficient (Wildman–Crippen LogP) is 2.60. The van der Waals surface area contributed by atoms with E-state index < -0.39 is 0 Å². The molecule has 1 N–H and O–H groups in total. The topological polar surface area (TPSA) is 75.4 Å². The van der Waals surface area contributed by atoms with Gasteiger partial charge in [-0.1, -0.05) is 0 Å². The van der Waals surface area contributed by atoms with Gasteiger partial charge in [0.15, 0.2) is 10.9 Å². The molecule has 0 spiro atoms. The minimum Gasteiger partial charge on any atom is -0.463 e. The number of hydrogen-bond donors (Lipinski definition) is 1. The van der Waals surface area contributed by atoms with Gasteiger partial charge in [-0.25, -0.2) is 4.98 Å². The van der Waals surface area contributed by atoms with Gasteiger partial charge in [-0.3, -0.25) is 9.59 Å². The third-order valence-electron chi connectivity index (χ3n) is 3.82. The lowest BCUT2D eigenvalue weighted by Gasteiger charge is -2.30. The van der Waals surface area contributed by atoms with Gasteiger partial charge in [0.1, 0.15) is 5.69 Å². The van der Waals surface area contributed by atoms with Gasteiger partial charge in [-0.15, -0.1) is 11.3 Å². The molecule has 1 saturated heterocycles. The first kappa shape index (κ1) is 14.8. The number of piperidine rings is 1. The van der Waals surface area contributed by atoms with Crippen LogP contribution in [0.2, 0.25) is 0 Å². The molecule has 22 heavy (non-hydrogen) atoms. The highest BCUT2D eigenvalue weighted by molar-refractivity contribution is 7.14. The predicted molar refractivity (Wildman–Crippen MR) is 83.4 cm³/mol. The van der Waals surface area contributed by atoms with Gasteiger partial charge >= 0.3 is 0 Å². The summed E-state index contributed by atoms with van der Waals surface area (Å²) >= 11 is 1.38. The summed E-state index contributed by atoms with van der Waals surface area (Å²) in [6, 6.07) is 3.63. The summed E-state index contributed by atoms with van der Waals surface area (Å²) in [4.78, 5) is 29.7. The van der Waals surface area contributed by atoms with Crippen molar-refractivity contribution in [3.05, 3.63) is 23.8 Å². The van der Waals surface area contributed by atoms with Gasteiger partial charge in [0.05, 0.1) is 6.26 Å². The molecule has 3 rings (SSSR count). The number of carbonyl (C=O) groups excluding carboxylic acids is 2. The standard InChI is InChI=1S/C15H17N3O3S/c1-10(19)18-6-4-11(5-7-18)14(20)17-15-16-12(9-22-15)13-3-2-8-21-13/h2-3,8-9,11H,4-7H2,1H3,(H,16,17,20). The van der Waals surface area contributed by atoms with Gasteiger partial charge in [0, 0.05) is 31.3 Å². The molecule has 7 heteroatoms. The first-order valence-electron chi connectivity index (χ1n) is 7.19. The van der Waals surface area contributed by atoms with Crippen LogP contribution in [0.3, 0.4) is 0 Å². The maximum Gasteiger partial charge on any atom is 0.229 e. The van der Waals surface area contributed by atoms with E-state index in [2.05, 4.69) is 10.3 Å². The van der Waals surface area contributed by atoms with Crippen LogP contribution in [-0.4, -0.2) is 34.8 Å². The van der Waals surface area contributed by atoms with Crippen molar-refractivity contribution in [1.82, 2.24) is 9.88 Å². The first-order valence-corrected chi connectivity index (χ1v) is 8.07. The van der Waals surface area contributed by atoms with Crippen molar-refractivity contribution in [2.75, 3.05) is 18.4 Å². The Morgan fingerprint density at radius 1 is 1.41 bits per heavy atom. The Labute approximate surface area is 132 Å². The fourth-order valence-corrected chi connectivity index (χ4v) is 3.24. The molecule has 116 valence electrons. The Hall–Kier alpha value is -2.15. The second-order valence-electron chi connectivity index (χ2n) is 5.28. The lowest BCUT2D eigenvalue weighted by molar-refractivity contribution is -0.132. The van der Waals surface area contributed by atoms with Crippen molar-refractivity contribution in [3.8, 4) is 11.5 Å². The molecular weight excluding hydrogens is 302 g/mol. The second-order valence-corrected chi connectivity index (χ2v) is 6.14. The Kier molecular flexibility index (Phi) is 4.24. The maximum absolute atomic E-state index is 12.3. The molecular formula is C15H17N3O3S. The van der Waals surface area contributed by atoms with Crippen molar-refractivity contribution < 1.29 is 14.0 Å². The zero-order valence-electron chi connectivity index (χ0n) is 12.2. The molecule has 0 unspecified atom stereocenters. The van der Waals surface area contributed by atoms with Crippen LogP contribution in [0.4, 0.5) is 5.13 Å². The molecule has 6 nitrogen and oxygen atoms in total. The first-order chi connectivity index (χ1) is 10.6. The molecule has 0 aliphatic carbocycles. The van der Waals surface area contributed by atoms with Crippen molar-refractivity contribution in [2.45, 2.75) is 19.8 Å². The minimum absolute atomic E-state index is 0.0245. The normalized spacial score (nSPS) is 15.8. The average Bonchev–Trinajstić information content (AvgIpc) is 3.18. The molecule has 1 fully saturated rings. The van der Waals surface area contributed by atoms with Crippen LogP contribution >= 0.6 is 11.3 Å². The number of likely N-dealkylation sites (tertiary alicyclic amines) is 1. The van der Waals surface area contributed by atoms with Gasteiger partial charge in [-0.05, 0) is 25.0 Å². The Morgan fingerprint density at radius 3 is 2.82 bits per heavy atom. The summed E-state index contributed by atoms with van der Waals surface area (Å²) < 4.78 is 5.28. The van der Waals surface area contributed by atoms with E-state index in [9.17, 15) is 9.59 Å². The lowest BCUT2D eigenvalue weighted by atomic mass is 9.96. The SMILES string of the molecule is CC(=O)N1CCC(C(=O)Nc2nc(-c3ccco3)cs2)CC1. The van der Waals surface area contributed by atoms with E-state index in [0.717, 1.165) is 5.69 Å². The Bertz CT molecular complexity index is 657. The monoisotopic (exact) mass is 319 g/mol. The molecule has 0 saturated carbocycles. The molecule has 0 atom stereocenters. The summed E-state index contributed by atoms with van der Waals surface area (Å²) in [6.07, 6.45) is 2.99. The van der Waals surface area contributed by atoms with Gasteiger partial charge in [-0.2, -0.15) is 0 Å². The largest absolute Gasteiger partial charge is 0.463 e. The van der Waals surface area contributed by atoms with E-state index >= 15 is 0 Å². The summed E-state index contributed by atoms with van der Waals surface area (Å²) in [5.74, 6) is 0.670. The average molecular weight is 319 g/mol. The van der Waals surface area contributed by atoms with Crippen molar-refractivity contribution in [3.63, 3.8) is 0 Å². The van der Waals surface area contributed by atoms with Crippen LogP contribution in [0.1, 0.15) is 19.8 Å². The Morgan fingerprint density at radius 2 is 2.18 bits per heavy atom. The molecule has 2 aromatic rings. The second kappa shape index (κ2) is 6.31. The third-order valence-corrected chi connectivity index (χ3v) is 4.58. The fourth-order valence-electron chi connectivity index (χ4n) is 2.53. The van der Waals surface area contributed by atoms with Gasteiger partial charge < -0.3 is 14.6 Å². The fraction of sp³-hybridized carbons (Fsp3) is 0.400. The molecule has 2 amide bonds. The molecule has 1 aliphatic heterocycles. The van der Waals surface area contributed by atoms with Crippen LogP contribution in [-0.2, 0) is 9.59 Å². The van der Waals surface area contributed by atoms with Crippen LogP contribution in [0.25, 0.3) is 11.5 Å². The van der Waals surface area contributed by atoms with Crippen LogP contribution in [0.15, 0.2) is 28.2 Å². The Balaban J connectivity index is 1.57. The number of carbonyl (C=O) groups is 2. The number of anilines is 1. The highest BCUT2D eigenvalue weighted by Crippen LogP contribution is 2.26. The van der Waals surface area contributed by atoms with Gasteiger partial charge in [0.25, 0.3) is 0 Å². The molecule has 0 bridgehead atoms. The highest BCUT2D eigenvalue weighted by Gasteiger charge is 2.26. The van der Waals surface area contributed by atoms with Crippen molar-refractivity contribution in [1.29, 1.82) is 0 Å². The van der Waals surface area contributed by atoms with Crippen LogP contribution in [0.5, 0.6) is 0 Å². The van der Waals surface area contributed by atoms with E-state index in [1.165, 1.54) is 11.3 Å². The number of amides is 2. The number of rotatable bonds is 3. The number of furan rings is 1. The summed E-state index contributed by atoms with van der Waals surface area (Å²) in [5, 5.41) is 5.29. The highest BCUT2D eigenvalue weighted by atomic mass is 32.1. The van der Waals surface area contributed by atoms with Crippen molar-refractivity contribution in [2.24, 2.45) is 5.92 Å². The van der Waals surface area contributed by atoms with E-state index in [-0.39, 0.29) is 17.7 Å². The number of aromatic nitrogens is 1. The molecule has 0 radical (unpaired) electrons. The van der Waals surface area contributed by atoms with Crippen LogP contribution < -0.4 is 5.32 Å². The van der Waals surface area contributed by atoms with E-state index in [4.69, 9.17) is 4.42 Å². The van der Waals surface area contributed by atoms with E-state index in [0.29, 0.717) is 36.8 Å². The molecule has 2 aromatic heterocycles. The van der Waals surface area contributed by atoms with E-state index in [1.54, 1.807) is 24.2 Å². The summed E-state index contributed by atoms with van der Waals surface area (Å²) in [5.41, 5.74) is 0.719. The molecule has 0 aromatic carbocycles. The minimum atomic E-state index is -0.0634. The van der Waals surface area contributed by atoms with Gasteiger partial charge in [0.2, 0.25) is 11.8 Å². The maximum atomic E-state index is 12.3. The van der Waals surface area contributed by atoms with Crippen LogP contribution in [0, 0.1) is 5.92 Å². The lowest BCUT2D eigenvalue weighted by Crippen LogP contribution is -2.40. The smallest absolute Gasteiger partial charge is 0.229 e. The summed E-state index contributed by atoms with van der Waals surface area (Å²) in [7, 11) is 0.